The van der Waals surface area contributed by atoms with Gasteiger partial charge in [-0.2, -0.15) is 0 Å². The van der Waals surface area contributed by atoms with E-state index in [0.29, 0.717) is 19.7 Å². The number of nitrogens with one attached hydrogen (secondary N) is 2. The predicted octanol–water partition coefficient (Wildman–Crippen LogP) is 2.34. The average Bonchev–Trinajstić information content (AvgIpc) is 2.52. The molecule has 0 bridgehead atoms. The van der Waals surface area contributed by atoms with E-state index in [1.165, 1.54) is 5.56 Å². The number of terminal acetylenes is 1. The van der Waals surface area contributed by atoms with Crippen molar-refractivity contribution in [3.63, 3.8) is 0 Å². The molecule has 1 unspecified atom stereocenters. The molecule has 1 aromatic carbocycles. The van der Waals surface area contributed by atoms with Crippen molar-refractivity contribution in [1.82, 2.24) is 10.6 Å². The highest BCUT2D eigenvalue weighted by Crippen LogP contribution is 2.15. The van der Waals surface area contributed by atoms with Crippen LogP contribution in [0, 0.1) is 12.3 Å². The van der Waals surface area contributed by atoms with Crippen molar-refractivity contribution in [2.24, 2.45) is 4.99 Å². The first-order valence-corrected chi connectivity index (χ1v) is 7.40. The van der Waals surface area contributed by atoms with Crippen molar-refractivity contribution in [3.05, 3.63) is 35.9 Å². The summed E-state index contributed by atoms with van der Waals surface area (Å²) in [4.78, 5) is 4.44. The minimum Gasteiger partial charge on any atom is -0.374 e. The molecule has 4 heteroatoms. The van der Waals surface area contributed by atoms with Crippen molar-refractivity contribution in [3.8, 4) is 12.3 Å². The first-order valence-electron chi connectivity index (χ1n) is 7.40. The maximum Gasteiger partial charge on any atom is 0.192 e. The van der Waals surface area contributed by atoms with E-state index >= 15 is 0 Å². The Morgan fingerprint density at radius 2 is 2.10 bits per heavy atom. The Bertz CT molecular complexity index is 451. The lowest BCUT2D eigenvalue weighted by Crippen LogP contribution is -2.37. The van der Waals surface area contributed by atoms with E-state index in [4.69, 9.17) is 11.2 Å². The lowest BCUT2D eigenvalue weighted by Gasteiger charge is -2.13. The Morgan fingerprint density at radius 3 is 2.76 bits per heavy atom. The highest BCUT2D eigenvalue weighted by molar-refractivity contribution is 5.79. The fourth-order valence-corrected chi connectivity index (χ4v) is 1.81. The Balaban J connectivity index is 2.24. The number of guanidine groups is 1. The van der Waals surface area contributed by atoms with Crippen LogP contribution in [0.4, 0.5) is 0 Å². The average molecular weight is 287 g/mol. The quantitative estimate of drug-likeness (QED) is 0.334. The Kier molecular flexibility index (Phi) is 8.74. The van der Waals surface area contributed by atoms with E-state index in [1.54, 1.807) is 0 Å². The fraction of sp³-hybridized carbons (Fsp3) is 0.471. The standard InChI is InChI=1S/C17H25N3O/c1-4-12-19-17(18-5-2)20-13-9-14-21-15(3)16-10-7-6-8-11-16/h1,6-8,10-11,15H,5,9,12-14H2,2-3H3,(H2,18,19,20). The molecule has 0 amide bonds. The van der Waals surface area contributed by atoms with E-state index in [1.807, 2.05) is 25.1 Å². The van der Waals surface area contributed by atoms with Gasteiger partial charge in [-0.05, 0) is 25.8 Å². The summed E-state index contributed by atoms with van der Waals surface area (Å²) in [6.07, 6.45) is 6.22. The zero-order chi connectivity index (χ0) is 15.3. The van der Waals surface area contributed by atoms with Crippen LogP contribution >= 0.6 is 0 Å². The van der Waals surface area contributed by atoms with Crippen LogP contribution in [0.25, 0.3) is 0 Å². The van der Waals surface area contributed by atoms with Crippen LogP contribution in [0.5, 0.6) is 0 Å². The number of aliphatic imine (C=N–C) groups is 1. The lowest BCUT2D eigenvalue weighted by atomic mass is 10.1. The van der Waals surface area contributed by atoms with Gasteiger partial charge in [-0.1, -0.05) is 36.3 Å². The molecule has 0 aromatic heterocycles. The van der Waals surface area contributed by atoms with Gasteiger partial charge in [0.15, 0.2) is 5.96 Å². The van der Waals surface area contributed by atoms with Gasteiger partial charge in [0.05, 0.1) is 12.6 Å². The van der Waals surface area contributed by atoms with E-state index in [0.717, 1.165) is 18.9 Å². The molecule has 0 fully saturated rings. The van der Waals surface area contributed by atoms with Crippen LogP contribution in [0.1, 0.15) is 31.9 Å². The summed E-state index contributed by atoms with van der Waals surface area (Å²) >= 11 is 0. The van der Waals surface area contributed by atoms with Crippen LogP contribution in [0.15, 0.2) is 35.3 Å². The smallest absolute Gasteiger partial charge is 0.192 e. The molecule has 0 radical (unpaired) electrons. The Hall–Kier alpha value is -1.99. The van der Waals surface area contributed by atoms with Crippen LogP contribution in [-0.4, -0.2) is 32.2 Å². The number of benzene rings is 1. The third kappa shape index (κ3) is 7.38. The summed E-state index contributed by atoms with van der Waals surface area (Å²) in [6.45, 7) is 6.79. The second kappa shape index (κ2) is 10.8. The van der Waals surface area contributed by atoms with Gasteiger partial charge in [-0.3, -0.25) is 4.99 Å². The minimum atomic E-state index is 0.114. The number of hydrogen-bond donors (Lipinski definition) is 2. The summed E-state index contributed by atoms with van der Waals surface area (Å²) in [6, 6.07) is 10.2. The molecule has 0 aliphatic carbocycles. The maximum atomic E-state index is 5.81. The van der Waals surface area contributed by atoms with Crippen molar-refractivity contribution in [1.29, 1.82) is 0 Å². The van der Waals surface area contributed by atoms with Gasteiger partial charge in [-0.15, -0.1) is 6.42 Å². The zero-order valence-corrected chi connectivity index (χ0v) is 12.9. The topological polar surface area (TPSA) is 45.7 Å². The molecule has 114 valence electrons. The summed E-state index contributed by atoms with van der Waals surface area (Å²) in [7, 11) is 0. The monoisotopic (exact) mass is 287 g/mol. The molecule has 4 nitrogen and oxygen atoms in total. The van der Waals surface area contributed by atoms with Gasteiger partial charge in [0.2, 0.25) is 0 Å². The normalized spacial score (nSPS) is 12.5. The van der Waals surface area contributed by atoms with Crippen molar-refractivity contribution in [2.45, 2.75) is 26.4 Å². The first kappa shape index (κ1) is 17.1. The molecule has 0 saturated carbocycles. The summed E-state index contributed by atoms with van der Waals surface area (Å²) in [5.74, 6) is 3.29. The number of hydrogen-bond acceptors (Lipinski definition) is 2. The number of ether oxygens (including phenoxy) is 1. The molecule has 1 aromatic rings. The lowest BCUT2D eigenvalue weighted by molar-refractivity contribution is 0.0652. The Labute approximate surface area is 128 Å². The summed E-state index contributed by atoms with van der Waals surface area (Å²) in [5, 5.41) is 6.20. The largest absolute Gasteiger partial charge is 0.374 e. The van der Waals surface area contributed by atoms with Gasteiger partial charge in [0.1, 0.15) is 0 Å². The van der Waals surface area contributed by atoms with Gasteiger partial charge in [-0.25, -0.2) is 0 Å². The van der Waals surface area contributed by atoms with Gasteiger partial charge in [0, 0.05) is 19.7 Å². The van der Waals surface area contributed by atoms with E-state index in [-0.39, 0.29) is 6.10 Å². The minimum absolute atomic E-state index is 0.114. The van der Waals surface area contributed by atoms with Gasteiger partial charge in [0.25, 0.3) is 0 Å². The second-order valence-electron chi connectivity index (χ2n) is 4.60. The van der Waals surface area contributed by atoms with Crippen molar-refractivity contribution >= 4 is 5.96 Å². The molecular weight excluding hydrogens is 262 g/mol. The van der Waals surface area contributed by atoms with Crippen molar-refractivity contribution in [2.75, 3.05) is 26.2 Å². The highest BCUT2D eigenvalue weighted by Gasteiger charge is 2.03. The van der Waals surface area contributed by atoms with Gasteiger partial charge < -0.3 is 15.4 Å². The SMILES string of the molecule is C#CCNC(=NCCCOC(C)c1ccccc1)NCC. The molecule has 1 rings (SSSR count). The predicted molar refractivity (Wildman–Crippen MR) is 88.2 cm³/mol. The second-order valence-corrected chi connectivity index (χ2v) is 4.60. The van der Waals surface area contributed by atoms with Crippen LogP contribution in [0.2, 0.25) is 0 Å². The number of rotatable bonds is 8. The molecule has 2 N–H and O–H groups in total. The maximum absolute atomic E-state index is 5.81. The Morgan fingerprint density at radius 1 is 1.33 bits per heavy atom. The van der Waals surface area contributed by atoms with E-state index < -0.39 is 0 Å². The zero-order valence-electron chi connectivity index (χ0n) is 12.9. The molecule has 0 heterocycles. The van der Waals surface area contributed by atoms with Crippen molar-refractivity contribution < 1.29 is 4.74 Å². The molecule has 0 saturated heterocycles. The third-order valence-electron chi connectivity index (χ3n) is 2.91. The van der Waals surface area contributed by atoms with Crippen LogP contribution in [-0.2, 0) is 4.74 Å². The summed E-state index contributed by atoms with van der Waals surface area (Å²) < 4.78 is 5.81. The van der Waals surface area contributed by atoms with E-state index in [9.17, 15) is 0 Å². The number of nitrogens with zero attached hydrogens (tertiary/aromatic N) is 1. The molecule has 21 heavy (non-hydrogen) atoms. The highest BCUT2D eigenvalue weighted by atomic mass is 16.5. The third-order valence-corrected chi connectivity index (χ3v) is 2.91. The summed E-state index contributed by atoms with van der Waals surface area (Å²) in [5.41, 5.74) is 1.20. The van der Waals surface area contributed by atoms with E-state index in [2.05, 4.69) is 40.6 Å². The first-order chi connectivity index (χ1) is 10.3. The molecule has 0 aliphatic rings. The molecule has 0 spiro atoms. The molecule has 1 atom stereocenters. The van der Waals surface area contributed by atoms with Crippen LogP contribution in [0.3, 0.4) is 0 Å². The molecular formula is C17H25N3O. The van der Waals surface area contributed by atoms with Crippen LogP contribution < -0.4 is 10.6 Å². The molecule has 0 aliphatic heterocycles. The van der Waals surface area contributed by atoms with Gasteiger partial charge >= 0.3 is 0 Å². The fourth-order valence-electron chi connectivity index (χ4n) is 1.81.